The van der Waals surface area contributed by atoms with Gasteiger partial charge in [-0.15, -0.1) is 11.3 Å². The molecule has 9 nitrogen and oxygen atoms in total. The molecule has 4 unspecified atom stereocenters. The highest BCUT2D eigenvalue weighted by molar-refractivity contribution is 7.13. The van der Waals surface area contributed by atoms with Crippen LogP contribution in [0.25, 0.3) is 10.6 Å². The molecule has 2 aromatic heterocycles. The molecule has 3 aromatic rings. The van der Waals surface area contributed by atoms with Crippen LogP contribution in [0.1, 0.15) is 0 Å². The number of thiophene rings is 1. The second kappa shape index (κ2) is 9.11. The molecule has 4 heterocycles. The number of aromatic nitrogens is 2. The minimum atomic E-state index is -0.570. The Balaban J connectivity index is 1.18. The summed E-state index contributed by atoms with van der Waals surface area (Å²) in [5, 5.41) is 8.02. The number of nitrogens with zero attached hydrogens (tertiary/aromatic N) is 2. The minimum absolute atomic E-state index is 0.145. The molecule has 2 aliphatic heterocycles. The van der Waals surface area contributed by atoms with E-state index in [4.69, 9.17) is 18.9 Å². The van der Waals surface area contributed by atoms with Gasteiger partial charge in [0.1, 0.15) is 18.0 Å². The van der Waals surface area contributed by atoms with Crippen LogP contribution < -0.4 is 15.4 Å². The number of carbonyl (C=O) groups excluding carboxylic acids is 1. The van der Waals surface area contributed by atoms with Crippen molar-refractivity contribution in [1.29, 1.82) is 0 Å². The molecule has 4 atom stereocenters. The Morgan fingerprint density at radius 3 is 2.91 bits per heavy atom. The predicted octanol–water partition coefficient (Wildman–Crippen LogP) is 3.41. The van der Waals surface area contributed by atoms with Gasteiger partial charge in [-0.05, 0) is 29.6 Å². The second-order valence-electron chi connectivity index (χ2n) is 7.39. The van der Waals surface area contributed by atoms with Gasteiger partial charge >= 0.3 is 6.09 Å². The maximum absolute atomic E-state index is 12.4. The maximum atomic E-state index is 12.4. The lowest BCUT2D eigenvalue weighted by molar-refractivity contribution is 0.00917. The van der Waals surface area contributed by atoms with Gasteiger partial charge in [0.2, 0.25) is 5.95 Å². The first-order chi connectivity index (χ1) is 15.7. The number of ether oxygens (including phenoxy) is 4. The number of hydrogen-bond acceptors (Lipinski definition) is 9. The number of fused-ring (bicyclic) bond motifs is 1. The van der Waals surface area contributed by atoms with Crippen molar-refractivity contribution in [3.05, 3.63) is 54.0 Å². The molecule has 32 heavy (non-hydrogen) atoms. The van der Waals surface area contributed by atoms with E-state index < -0.39 is 12.2 Å². The molecule has 0 aliphatic carbocycles. The highest BCUT2D eigenvalue weighted by atomic mass is 32.1. The monoisotopic (exact) mass is 454 g/mol. The van der Waals surface area contributed by atoms with Gasteiger partial charge in [-0.3, -0.25) is 5.32 Å². The van der Waals surface area contributed by atoms with Gasteiger partial charge in [-0.2, -0.15) is 0 Å². The number of hydrogen-bond donors (Lipinski definition) is 2. The molecule has 2 saturated heterocycles. The van der Waals surface area contributed by atoms with Crippen molar-refractivity contribution in [2.24, 2.45) is 0 Å². The van der Waals surface area contributed by atoms with Crippen LogP contribution in [-0.4, -0.2) is 60.7 Å². The molecule has 0 radical (unpaired) electrons. The maximum Gasteiger partial charge on any atom is 0.412 e. The average molecular weight is 455 g/mol. The normalized spacial score (nSPS) is 24.0. The summed E-state index contributed by atoms with van der Waals surface area (Å²) in [6, 6.07) is 12.8. The lowest BCUT2D eigenvalue weighted by atomic mass is 10.1. The van der Waals surface area contributed by atoms with Crippen LogP contribution in [0.15, 0.2) is 54.0 Å². The van der Waals surface area contributed by atoms with E-state index in [1.54, 1.807) is 48.9 Å². The summed E-state index contributed by atoms with van der Waals surface area (Å²) in [5.74, 6) is 1.15. The van der Waals surface area contributed by atoms with Crippen molar-refractivity contribution in [2.75, 3.05) is 31.0 Å². The fourth-order valence-corrected chi connectivity index (χ4v) is 4.53. The highest BCUT2D eigenvalue weighted by Gasteiger charge is 2.49. The summed E-state index contributed by atoms with van der Waals surface area (Å²) in [7, 11) is 1.57. The largest absolute Gasteiger partial charge is 0.497 e. The molecule has 1 aromatic carbocycles. The van der Waals surface area contributed by atoms with Gasteiger partial charge < -0.3 is 24.3 Å². The standard InChI is InChI=1S/C22H22N4O5S/c1-28-14-5-2-4-13(10-14)24-22(27)31-17-12-30-19-16(11-29-20(17)19)26-21-23-8-7-15(25-21)18-6-3-9-32-18/h2-10,16-17,19-20H,11-12H2,1H3,(H,24,27)(H,23,25,26). The zero-order chi connectivity index (χ0) is 21.9. The third kappa shape index (κ3) is 4.38. The molecule has 2 N–H and O–H groups in total. The lowest BCUT2D eigenvalue weighted by Crippen LogP contribution is -2.38. The molecule has 1 amide bonds. The van der Waals surface area contributed by atoms with Crippen molar-refractivity contribution in [3.63, 3.8) is 0 Å². The number of carbonyl (C=O) groups is 1. The fourth-order valence-electron chi connectivity index (χ4n) is 3.83. The molecule has 0 saturated carbocycles. The summed E-state index contributed by atoms with van der Waals surface area (Å²) >= 11 is 1.62. The minimum Gasteiger partial charge on any atom is -0.497 e. The SMILES string of the molecule is COc1cccc(NC(=O)OC2COC3C(Nc4nccc(-c5cccs5)n4)COC23)c1. The van der Waals surface area contributed by atoms with E-state index in [0.29, 0.717) is 24.0 Å². The van der Waals surface area contributed by atoms with E-state index in [1.807, 2.05) is 23.6 Å². The van der Waals surface area contributed by atoms with Crippen molar-refractivity contribution < 1.29 is 23.7 Å². The Morgan fingerprint density at radius 1 is 1.16 bits per heavy atom. The molecule has 0 bridgehead atoms. The summed E-state index contributed by atoms with van der Waals surface area (Å²) in [4.78, 5) is 22.3. The predicted molar refractivity (Wildman–Crippen MR) is 119 cm³/mol. The van der Waals surface area contributed by atoms with Gasteiger partial charge in [0.15, 0.2) is 6.10 Å². The first-order valence-corrected chi connectivity index (χ1v) is 11.1. The summed E-state index contributed by atoms with van der Waals surface area (Å²) in [5.41, 5.74) is 1.44. The molecule has 5 rings (SSSR count). The topological polar surface area (TPSA) is 104 Å². The van der Waals surface area contributed by atoms with Crippen molar-refractivity contribution in [1.82, 2.24) is 9.97 Å². The summed E-state index contributed by atoms with van der Waals surface area (Å²) in [6.07, 6.45) is 0.0279. The smallest absolute Gasteiger partial charge is 0.412 e. The van der Waals surface area contributed by atoms with E-state index in [1.165, 1.54) is 0 Å². The van der Waals surface area contributed by atoms with Crippen molar-refractivity contribution in [3.8, 4) is 16.3 Å². The van der Waals surface area contributed by atoms with Crippen molar-refractivity contribution >= 4 is 29.1 Å². The molecule has 2 aliphatic rings. The first-order valence-electron chi connectivity index (χ1n) is 10.2. The molecule has 0 spiro atoms. The van der Waals surface area contributed by atoms with E-state index >= 15 is 0 Å². The molecule has 166 valence electrons. The quantitative estimate of drug-likeness (QED) is 0.584. The Morgan fingerprint density at radius 2 is 2.06 bits per heavy atom. The van der Waals surface area contributed by atoms with Crippen LogP contribution in [0.4, 0.5) is 16.4 Å². The van der Waals surface area contributed by atoms with Crippen LogP contribution in [0, 0.1) is 0 Å². The van der Waals surface area contributed by atoms with Crippen LogP contribution in [0.5, 0.6) is 5.75 Å². The number of anilines is 2. The molecule has 2 fully saturated rings. The van der Waals surface area contributed by atoms with Gasteiger partial charge in [0.25, 0.3) is 0 Å². The number of amides is 1. The van der Waals surface area contributed by atoms with Gasteiger partial charge in [0, 0.05) is 18.0 Å². The van der Waals surface area contributed by atoms with Gasteiger partial charge in [-0.25, -0.2) is 14.8 Å². The number of rotatable bonds is 6. The third-order valence-corrected chi connectivity index (χ3v) is 6.22. The third-order valence-electron chi connectivity index (χ3n) is 5.33. The van der Waals surface area contributed by atoms with E-state index in [0.717, 1.165) is 10.6 Å². The van der Waals surface area contributed by atoms with Crippen LogP contribution in [0.3, 0.4) is 0 Å². The van der Waals surface area contributed by atoms with Crippen LogP contribution in [0.2, 0.25) is 0 Å². The molecule has 10 heteroatoms. The van der Waals surface area contributed by atoms with Gasteiger partial charge in [0.05, 0.1) is 36.9 Å². The first kappa shape index (κ1) is 20.7. The van der Waals surface area contributed by atoms with E-state index in [-0.39, 0.29) is 24.9 Å². The number of benzene rings is 1. The second-order valence-corrected chi connectivity index (χ2v) is 8.34. The number of methoxy groups -OCH3 is 1. The summed E-state index contributed by atoms with van der Waals surface area (Å²) < 4.78 is 22.5. The summed E-state index contributed by atoms with van der Waals surface area (Å²) in [6.45, 7) is 0.661. The Hall–Kier alpha value is -3.21. The zero-order valence-electron chi connectivity index (χ0n) is 17.3. The lowest BCUT2D eigenvalue weighted by Gasteiger charge is -2.18. The molecular formula is C22H22N4O5S. The van der Waals surface area contributed by atoms with Gasteiger partial charge in [-0.1, -0.05) is 12.1 Å². The highest BCUT2D eigenvalue weighted by Crippen LogP contribution is 2.31. The van der Waals surface area contributed by atoms with Crippen molar-refractivity contribution in [2.45, 2.75) is 24.4 Å². The average Bonchev–Trinajstić information content (AvgIpc) is 3.55. The van der Waals surface area contributed by atoms with Crippen LogP contribution in [-0.2, 0) is 14.2 Å². The zero-order valence-corrected chi connectivity index (χ0v) is 18.1. The van der Waals surface area contributed by atoms with E-state index in [2.05, 4.69) is 20.6 Å². The Bertz CT molecular complexity index is 1080. The fraction of sp³-hybridized carbons (Fsp3) is 0.318. The van der Waals surface area contributed by atoms with Crippen LogP contribution >= 0.6 is 11.3 Å². The van der Waals surface area contributed by atoms with E-state index in [9.17, 15) is 4.79 Å². The Labute approximate surface area is 188 Å². The Kier molecular flexibility index (Phi) is 5.89. The number of nitrogens with one attached hydrogen (secondary N) is 2. The molecular weight excluding hydrogens is 432 g/mol.